The highest BCUT2D eigenvalue weighted by Gasteiger charge is 2.12. The van der Waals surface area contributed by atoms with E-state index in [2.05, 4.69) is 0 Å². The van der Waals surface area contributed by atoms with Crippen molar-refractivity contribution in [3.05, 3.63) is 34.4 Å². The lowest BCUT2D eigenvalue weighted by Crippen LogP contribution is -2.04. The van der Waals surface area contributed by atoms with Crippen LogP contribution in [0, 0.1) is 13.8 Å². The summed E-state index contributed by atoms with van der Waals surface area (Å²) in [5.74, 6) is -0.954. The van der Waals surface area contributed by atoms with Crippen molar-refractivity contribution in [2.75, 3.05) is 0 Å². The number of rotatable bonds is 2. The van der Waals surface area contributed by atoms with Crippen LogP contribution in [0.4, 0.5) is 0 Å². The summed E-state index contributed by atoms with van der Waals surface area (Å²) in [6, 6.07) is 3.32. The second-order valence-electron chi connectivity index (χ2n) is 3.50. The van der Waals surface area contributed by atoms with Crippen LogP contribution in [-0.4, -0.2) is 16.2 Å². The van der Waals surface area contributed by atoms with Gasteiger partial charge in [0.1, 0.15) is 0 Å². The Morgan fingerprint density at radius 2 is 1.86 bits per heavy atom. The molecule has 0 fully saturated rings. The maximum Gasteiger partial charge on any atom is 0.335 e. The maximum atomic E-state index is 10.8. The summed E-state index contributed by atoms with van der Waals surface area (Å²) in [6.45, 7) is 5.24. The molecule has 0 aliphatic heterocycles. The number of aliphatic hydroxyl groups excluding tert-OH is 1. The van der Waals surface area contributed by atoms with Gasteiger partial charge in [-0.2, -0.15) is 0 Å². The third kappa shape index (κ3) is 1.93. The molecule has 0 spiro atoms. The fourth-order valence-corrected chi connectivity index (χ4v) is 1.55. The zero-order valence-electron chi connectivity index (χ0n) is 8.53. The van der Waals surface area contributed by atoms with Crippen molar-refractivity contribution in [2.24, 2.45) is 0 Å². The van der Waals surface area contributed by atoms with E-state index in [4.69, 9.17) is 5.11 Å². The smallest absolute Gasteiger partial charge is 0.335 e. The molecule has 0 radical (unpaired) electrons. The van der Waals surface area contributed by atoms with Gasteiger partial charge in [-0.25, -0.2) is 4.79 Å². The summed E-state index contributed by atoms with van der Waals surface area (Å²) in [6.07, 6.45) is -0.631. The minimum atomic E-state index is -0.954. The first-order valence-corrected chi connectivity index (χ1v) is 4.46. The first-order valence-electron chi connectivity index (χ1n) is 4.46. The van der Waals surface area contributed by atoms with Crippen LogP contribution in [0.15, 0.2) is 12.1 Å². The van der Waals surface area contributed by atoms with E-state index in [1.807, 2.05) is 6.92 Å². The molecule has 0 amide bonds. The second kappa shape index (κ2) is 3.80. The van der Waals surface area contributed by atoms with E-state index in [1.165, 1.54) is 6.07 Å². The molecule has 3 nitrogen and oxygen atoms in total. The van der Waals surface area contributed by atoms with Gasteiger partial charge in [0.25, 0.3) is 0 Å². The SMILES string of the molecule is Cc1cc(C)c(C(C)O)cc1C(=O)O. The standard InChI is InChI=1S/C11H14O3/c1-6-4-7(2)10(11(13)14)5-9(6)8(3)12/h4-5,8,12H,1-3H3,(H,13,14). The van der Waals surface area contributed by atoms with Crippen molar-refractivity contribution in [3.8, 4) is 0 Å². The average Bonchev–Trinajstić information content (AvgIpc) is 2.02. The fourth-order valence-electron chi connectivity index (χ4n) is 1.55. The molecule has 76 valence electrons. The number of hydrogen-bond donors (Lipinski definition) is 2. The molecule has 1 unspecified atom stereocenters. The van der Waals surface area contributed by atoms with Crippen molar-refractivity contribution in [3.63, 3.8) is 0 Å². The minimum absolute atomic E-state index is 0.256. The van der Waals surface area contributed by atoms with E-state index >= 15 is 0 Å². The van der Waals surface area contributed by atoms with Gasteiger partial charge in [-0.15, -0.1) is 0 Å². The first kappa shape index (κ1) is 10.7. The fraction of sp³-hybridized carbons (Fsp3) is 0.364. The minimum Gasteiger partial charge on any atom is -0.478 e. The van der Waals surface area contributed by atoms with Crippen LogP contribution in [0.2, 0.25) is 0 Å². The molecule has 1 aromatic carbocycles. The summed E-state index contributed by atoms with van der Waals surface area (Å²) in [7, 11) is 0. The predicted molar refractivity (Wildman–Crippen MR) is 53.5 cm³/mol. The van der Waals surface area contributed by atoms with E-state index in [9.17, 15) is 9.90 Å². The molecule has 0 aliphatic rings. The van der Waals surface area contributed by atoms with Crippen LogP contribution in [-0.2, 0) is 0 Å². The van der Waals surface area contributed by atoms with Gasteiger partial charge in [0, 0.05) is 0 Å². The first-order chi connectivity index (χ1) is 6.43. The Labute approximate surface area is 83.0 Å². The van der Waals surface area contributed by atoms with Crippen molar-refractivity contribution in [2.45, 2.75) is 26.9 Å². The van der Waals surface area contributed by atoms with Crippen LogP contribution in [0.25, 0.3) is 0 Å². The third-order valence-electron chi connectivity index (χ3n) is 2.29. The van der Waals surface area contributed by atoms with E-state index in [0.29, 0.717) is 5.56 Å². The summed E-state index contributed by atoms with van der Waals surface area (Å²) in [5.41, 5.74) is 2.57. The molecular formula is C11H14O3. The number of carbonyl (C=O) groups is 1. The molecule has 1 atom stereocenters. The monoisotopic (exact) mass is 194 g/mol. The maximum absolute atomic E-state index is 10.8. The zero-order valence-corrected chi connectivity index (χ0v) is 8.53. The number of aromatic carboxylic acids is 1. The molecule has 2 N–H and O–H groups in total. The molecule has 14 heavy (non-hydrogen) atoms. The Morgan fingerprint density at radius 3 is 2.29 bits per heavy atom. The van der Waals surface area contributed by atoms with Gasteiger partial charge in [0.15, 0.2) is 0 Å². The topological polar surface area (TPSA) is 57.5 Å². The van der Waals surface area contributed by atoms with Crippen LogP contribution in [0.1, 0.15) is 40.1 Å². The lowest BCUT2D eigenvalue weighted by Gasteiger charge is -2.11. The lowest BCUT2D eigenvalue weighted by atomic mass is 9.97. The van der Waals surface area contributed by atoms with Gasteiger partial charge in [-0.3, -0.25) is 0 Å². The van der Waals surface area contributed by atoms with Crippen molar-refractivity contribution in [1.29, 1.82) is 0 Å². The van der Waals surface area contributed by atoms with Crippen LogP contribution in [0.5, 0.6) is 0 Å². The average molecular weight is 194 g/mol. The number of benzene rings is 1. The molecule has 0 aromatic heterocycles. The lowest BCUT2D eigenvalue weighted by molar-refractivity contribution is 0.0696. The van der Waals surface area contributed by atoms with Crippen molar-refractivity contribution >= 4 is 5.97 Å². The Morgan fingerprint density at radius 1 is 1.29 bits per heavy atom. The van der Waals surface area contributed by atoms with E-state index in [-0.39, 0.29) is 5.56 Å². The highest BCUT2D eigenvalue weighted by atomic mass is 16.4. The van der Waals surface area contributed by atoms with Gasteiger partial charge in [-0.1, -0.05) is 6.07 Å². The van der Waals surface area contributed by atoms with Gasteiger partial charge in [0.05, 0.1) is 11.7 Å². The molecule has 0 aliphatic carbocycles. The van der Waals surface area contributed by atoms with Crippen LogP contribution >= 0.6 is 0 Å². The number of hydrogen-bond acceptors (Lipinski definition) is 2. The molecule has 0 heterocycles. The summed E-state index contributed by atoms with van der Waals surface area (Å²) >= 11 is 0. The Balaban J connectivity index is 3.34. The Kier molecular flexibility index (Phi) is 2.91. The van der Waals surface area contributed by atoms with Crippen molar-refractivity contribution < 1.29 is 15.0 Å². The number of carboxylic acid groups (broad SMARTS) is 1. The zero-order chi connectivity index (χ0) is 10.9. The van der Waals surface area contributed by atoms with E-state index in [1.54, 1.807) is 19.9 Å². The van der Waals surface area contributed by atoms with Crippen molar-refractivity contribution in [1.82, 2.24) is 0 Å². The molecule has 0 saturated heterocycles. The Hall–Kier alpha value is -1.35. The summed E-state index contributed by atoms with van der Waals surface area (Å²) in [4.78, 5) is 10.8. The second-order valence-corrected chi connectivity index (χ2v) is 3.50. The van der Waals surface area contributed by atoms with E-state index in [0.717, 1.165) is 11.1 Å². The molecule has 1 aromatic rings. The molecule has 0 saturated carbocycles. The van der Waals surface area contributed by atoms with Crippen LogP contribution in [0.3, 0.4) is 0 Å². The highest BCUT2D eigenvalue weighted by Crippen LogP contribution is 2.21. The van der Waals surface area contributed by atoms with Gasteiger partial charge in [0.2, 0.25) is 0 Å². The third-order valence-corrected chi connectivity index (χ3v) is 2.29. The van der Waals surface area contributed by atoms with E-state index < -0.39 is 12.1 Å². The van der Waals surface area contributed by atoms with Gasteiger partial charge >= 0.3 is 5.97 Å². The number of aryl methyl sites for hydroxylation is 2. The summed E-state index contributed by atoms with van der Waals surface area (Å²) in [5, 5.41) is 18.3. The molecular weight excluding hydrogens is 180 g/mol. The number of aliphatic hydroxyl groups is 1. The highest BCUT2D eigenvalue weighted by molar-refractivity contribution is 5.89. The number of carboxylic acids is 1. The molecule has 1 rings (SSSR count). The van der Waals surface area contributed by atoms with Gasteiger partial charge < -0.3 is 10.2 Å². The normalized spacial score (nSPS) is 12.6. The Bertz CT molecular complexity index is 367. The predicted octanol–water partition coefficient (Wildman–Crippen LogP) is 2.05. The summed E-state index contributed by atoms with van der Waals surface area (Å²) < 4.78 is 0. The van der Waals surface area contributed by atoms with Gasteiger partial charge in [-0.05, 0) is 43.5 Å². The molecule has 3 heteroatoms. The molecule has 0 bridgehead atoms. The van der Waals surface area contributed by atoms with Crippen LogP contribution < -0.4 is 0 Å². The quantitative estimate of drug-likeness (QED) is 0.757. The largest absolute Gasteiger partial charge is 0.478 e.